The van der Waals surface area contributed by atoms with Crippen LogP contribution in [0.1, 0.15) is 51.9 Å². The van der Waals surface area contributed by atoms with E-state index >= 15 is 0 Å². The number of allylic oxidation sites excluding steroid dienone is 3. The van der Waals surface area contributed by atoms with Crippen molar-refractivity contribution in [3.63, 3.8) is 0 Å². The molecule has 0 aromatic heterocycles. The molecule has 3 saturated carbocycles. The van der Waals surface area contributed by atoms with Crippen molar-refractivity contribution in [2.75, 3.05) is 0 Å². The Kier molecular flexibility index (Phi) is 3.88. The van der Waals surface area contributed by atoms with Gasteiger partial charge in [0.2, 0.25) is 0 Å². The summed E-state index contributed by atoms with van der Waals surface area (Å²) in [4.78, 5) is 0. The third kappa shape index (κ3) is 2.20. The van der Waals surface area contributed by atoms with E-state index in [1.54, 1.807) is 0 Å². The van der Waals surface area contributed by atoms with E-state index < -0.39 is 5.60 Å². The summed E-state index contributed by atoms with van der Waals surface area (Å²) in [5.74, 6) is 5.42. The van der Waals surface area contributed by atoms with Gasteiger partial charge in [-0.05, 0) is 80.6 Å². The molecular formula is C22H29NO2. The van der Waals surface area contributed by atoms with E-state index in [1.807, 2.05) is 0 Å². The second-order valence-electron chi connectivity index (χ2n) is 8.91. The molecule has 2 N–H and O–H groups in total. The van der Waals surface area contributed by atoms with Crippen molar-refractivity contribution in [1.82, 2.24) is 0 Å². The van der Waals surface area contributed by atoms with Gasteiger partial charge in [-0.3, -0.25) is 0 Å². The molecule has 0 saturated heterocycles. The minimum absolute atomic E-state index is 0.139. The highest BCUT2D eigenvalue weighted by molar-refractivity contribution is 5.96. The van der Waals surface area contributed by atoms with Crippen LogP contribution in [0.5, 0.6) is 0 Å². The fourth-order valence-electron chi connectivity index (χ4n) is 6.91. The maximum atomic E-state index is 11.0. The Hall–Kier alpha value is -1.53. The fraction of sp³-hybridized carbons (Fsp3) is 0.682. The standard InChI is InChI=1S/C22H29NO2/c1-4-14-12-16(23-25)13-15-6-7-17-18(20(14)15)8-10-21(3)19(17)9-11-22(21,24)5-2/h2,4,13-14,17-20,24-25H,1,6-12H2,3H3/b23-16-/t14?,17-,18+,19+,20+,21+,22-/m1/s1. The summed E-state index contributed by atoms with van der Waals surface area (Å²) in [5, 5.41) is 23.7. The fourth-order valence-corrected chi connectivity index (χ4v) is 6.91. The van der Waals surface area contributed by atoms with Crippen LogP contribution in [0.2, 0.25) is 0 Å². The number of fused-ring (bicyclic) bond motifs is 5. The van der Waals surface area contributed by atoms with Crippen molar-refractivity contribution in [3.05, 3.63) is 24.3 Å². The molecule has 0 heterocycles. The van der Waals surface area contributed by atoms with Crippen LogP contribution in [-0.4, -0.2) is 21.6 Å². The van der Waals surface area contributed by atoms with E-state index in [4.69, 9.17) is 6.42 Å². The van der Waals surface area contributed by atoms with Gasteiger partial charge >= 0.3 is 0 Å². The molecule has 25 heavy (non-hydrogen) atoms. The average Bonchev–Trinajstić information content (AvgIpc) is 2.92. The van der Waals surface area contributed by atoms with Crippen molar-refractivity contribution in [3.8, 4) is 12.3 Å². The van der Waals surface area contributed by atoms with Gasteiger partial charge in [0.15, 0.2) is 0 Å². The Bertz CT molecular complexity index is 687. The largest absolute Gasteiger partial charge is 0.411 e. The number of hydrogen-bond donors (Lipinski definition) is 2. The minimum atomic E-state index is -0.931. The van der Waals surface area contributed by atoms with Crippen molar-refractivity contribution < 1.29 is 10.3 Å². The number of nitrogens with zero attached hydrogens (tertiary/aromatic N) is 1. The SMILES string of the molecule is C#C[C@@]1(O)CC[C@H]2[C@@H]3CCC4=C/C(=N\O)CC(C=C)[C@@H]4[C@H]3CC[C@@]21C. The van der Waals surface area contributed by atoms with Crippen molar-refractivity contribution in [1.29, 1.82) is 0 Å². The van der Waals surface area contributed by atoms with Gasteiger partial charge in [0.05, 0.1) is 5.71 Å². The molecule has 0 spiro atoms. The van der Waals surface area contributed by atoms with E-state index in [1.165, 1.54) is 5.57 Å². The third-order valence-electron chi connectivity index (χ3n) is 8.23. The molecule has 0 aromatic carbocycles. The Balaban J connectivity index is 1.68. The van der Waals surface area contributed by atoms with Crippen LogP contribution in [0, 0.1) is 47.3 Å². The molecule has 1 unspecified atom stereocenters. The topological polar surface area (TPSA) is 52.8 Å². The van der Waals surface area contributed by atoms with Crippen LogP contribution < -0.4 is 0 Å². The highest BCUT2D eigenvalue weighted by atomic mass is 16.4. The molecule has 0 aliphatic heterocycles. The van der Waals surface area contributed by atoms with E-state index in [0.717, 1.165) is 50.7 Å². The van der Waals surface area contributed by atoms with Crippen LogP contribution in [0.15, 0.2) is 29.5 Å². The lowest BCUT2D eigenvalue weighted by molar-refractivity contribution is -0.0876. The zero-order valence-corrected chi connectivity index (χ0v) is 15.1. The van der Waals surface area contributed by atoms with Crippen LogP contribution in [0.3, 0.4) is 0 Å². The lowest BCUT2D eigenvalue weighted by Crippen LogP contribution is -2.52. The normalized spacial score (nSPS) is 50.2. The van der Waals surface area contributed by atoms with Crippen molar-refractivity contribution in [2.45, 2.75) is 57.5 Å². The van der Waals surface area contributed by atoms with Gasteiger partial charge in [-0.15, -0.1) is 13.0 Å². The summed E-state index contributed by atoms with van der Waals surface area (Å²) in [7, 11) is 0. The minimum Gasteiger partial charge on any atom is -0.411 e. The quantitative estimate of drug-likeness (QED) is 0.326. The van der Waals surface area contributed by atoms with Gasteiger partial charge in [0.1, 0.15) is 5.60 Å². The Morgan fingerprint density at radius 3 is 2.80 bits per heavy atom. The molecule has 4 aliphatic carbocycles. The number of hydrogen-bond acceptors (Lipinski definition) is 3. The van der Waals surface area contributed by atoms with Gasteiger partial charge in [0.25, 0.3) is 0 Å². The molecule has 3 heteroatoms. The van der Waals surface area contributed by atoms with E-state index in [9.17, 15) is 10.3 Å². The third-order valence-corrected chi connectivity index (χ3v) is 8.23. The van der Waals surface area contributed by atoms with Gasteiger partial charge in [-0.25, -0.2) is 0 Å². The lowest BCUT2D eigenvalue weighted by Gasteiger charge is -2.55. The number of rotatable bonds is 1. The summed E-state index contributed by atoms with van der Waals surface area (Å²) >= 11 is 0. The zero-order chi connectivity index (χ0) is 17.8. The highest BCUT2D eigenvalue weighted by Crippen LogP contribution is 2.65. The first-order valence-corrected chi connectivity index (χ1v) is 9.71. The Morgan fingerprint density at radius 1 is 1.32 bits per heavy atom. The molecule has 0 radical (unpaired) electrons. The molecule has 4 aliphatic rings. The Morgan fingerprint density at radius 2 is 2.12 bits per heavy atom. The summed E-state index contributed by atoms with van der Waals surface area (Å²) in [6.45, 7) is 6.30. The molecule has 3 fully saturated rings. The average molecular weight is 339 g/mol. The smallest absolute Gasteiger partial charge is 0.130 e. The van der Waals surface area contributed by atoms with Gasteiger partial charge in [-0.2, -0.15) is 0 Å². The predicted octanol–water partition coefficient (Wildman–Crippen LogP) is 4.17. The second-order valence-corrected chi connectivity index (χ2v) is 8.91. The highest BCUT2D eigenvalue weighted by Gasteiger charge is 2.62. The number of terminal acetylenes is 1. The van der Waals surface area contributed by atoms with Crippen LogP contribution in [-0.2, 0) is 0 Å². The molecule has 0 amide bonds. The maximum absolute atomic E-state index is 11.0. The number of aliphatic hydroxyl groups is 1. The monoisotopic (exact) mass is 339 g/mol. The summed E-state index contributed by atoms with van der Waals surface area (Å²) in [5.41, 5.74) is 1.16. The van der Waals surface area contributed by atoms with Crippen LogP contribution in [0.4, 0.5) is 0 Å². The van der Waals surface area contributed by atoms with Crippen LogP contribution >= 0.6 is 0 Å². The molecule has 4 rings (SSSR count). The van der Waals surface area contributed by atoms with Crippen molar-refractivity contribution >= 4 is 5.71 Å². The Labute approximate surface area is 150 Å². The second kappa shape index (κ2) is 5.74. The van der Waals surface area contributed by atoms with E-state index in [0.29, 0.717) is 29.6 Å². The van der Waals surface area contributed by atoms with Gasteiger partial charge in [0, 0.05) is 5.41 Å². The van der Waals surface area contributed by atoms with E-state index in [2.05, 4.69) is 36.7 Å². The summed E-state index contributed by atoms with van der Waals surface area (Å²) < 4.78 is 0. The molecule has 0 aromatic rings. The molecule has 0 bridgehead atoms. The summed E-state index contributed by atoms with van der Waals surface area (Å²) in [6.07, 6.45) is 16.9. The maximum Gasteiger partial charge on any atom is 0.130 e. The molecule has 3 nitrogen and oxygen atoms in total. The molecule has 134 valence electrons. The molecular weight excluding hydrogens is 310 g/mol. The van der Waals surface area contributed by atoms with Crippen LogP contribution in [0.25, 0.3) is 0 Å². The van der Waals surface area contributed by atoms with Gasteiger partial charge < -0.3 is 10.3 Å². The lowest BCUT2D eigenvalue weighted by atomic mass is 9.49. The molecule has 7 atom stereocenters. The summed E-state index contributed by atoms with van der Waals surface area (Å²) in [6, 6.07) is 0. The first-order chi connectivity index (χ1) is 12.0. The van der Waals surface area contributed by atoms with E-state index in [-0.39, 0.29) is 5.41 Å². The number of oxime groups is 1. The predicted molar refractivity (Wildman–Crippen MR) is 99.2 cm³/mol. The van der Waals surface area contributed by atoms with Crippen molar-refractivity contribution in [2.24, 2.45) is 40.2 Å². The first kappa shape index (κ1) is 16.9. The van der Waals surface area contributed by atoms with Gasteiger partial charge in [-0.1, -0.05) is 29.6 Å². The first-order valence-electron chi connectivity index (χ1n) is 9.71. The zero-order valence-electron chi connectivity index (χ0n) is 15.1.